The molecule has 0 aliphatic rings. The zero-order chi connectivity index (χ0) is 29.7. The van der Waals surface area contributed by atoms with Crippen LogP contribution in [0.5, 0.6) is 5.75 Å². The maximum Gasteiger partial charge on any atom is 0.326 e. The van der Waals surface area contributed by atoms with Crippen molar-refractivity contribution in [2.75, 3.05) is 6.54 Å². The molecule has 0 saturated heterocycles. The number of aromatic hydroxyl groups is 1. The number of carbonyl (C=O) groups excluding carboxylic acids is 3. The molecule has 2 aromatic carbocycles. The molecule has 2 aromatic rings. The van der Waals surface area contributed by atoms with E-state index in [1.165, 1.54) is 19.1 Å². The molecular formula is C28H39N5O7. The number of carbonyl (C=O) groups is 4. The SMILES string of the molecule is CC(O)C(NC(=O)C(Cc1ccc(O)cc1)NC(=O)C(N)Cc1ccccc1)C(=O)NC(CCCCN)C(=O)O. The molecule has 0 aromatic heterocycles. The van der Waals surface area contributed by atoms with Crippen LogP contribution in [-0.4, -0.2) is 75.8 Å². The first-order valence-corrected chi connectivity index (χ1v) is 13.1. The Bertz CT molecular complexity index is 1110. The Morgan fingerprint density at radius 1 is 0.800 bits per heavy atom. The summed E-state index contributed by atoms with van der Waals surface area (Å²) in [6, 6.07) is 10.2. The second-order valence-electron chi connectivity index (χ2n) is 9.64. The number of carboxylic acids is 1. The Labute approximate surface area is 233 Å². The van der Waals surface area contributed by atoms with Crippen LogP contribution in [0, 0.1) is 0 Å². The monoisotopic (exact) mass is 557 g/mol. The summed E-state index contributed by atoms with van der Waals surface area (Å²) in [6.07, 6.45) is -0.0177. The van der Waals surface area contributed by atoms with Crippen molar-refractivity contribution in [2.45, 2.75) is 69.3 Å². The molecule has 0 fully saturated rings. The van der Waals surface area contributed by atoms with Gasteiger partial charge in [-0.1, -0.05) is 42.5 Å². The van der Waals surface area contributed by atoms with Gasteiger partial charge in [0.15, 0.2) is 0 Å². The summed E-state index contributed by atoms with van der Waals surface area (Å²) in [5.74, 6) is -3.52. The minimum absolute atomic E-state index is 0.0130. The van der Waals surface area contributed by atoms with Crippen molar-refractivity contribution in [1.29, 1.82) is 0 Å². The molecule has 0 bridgehead atoms. The Morgan fingerprint density at radius 3 is 1.98 bits per heavy atom. The predicted octanol–water partition coefficient (Wildman–Crippen LogP) is -0.446. The van der Waals surface area contributed by atoms with Gasteiger partial charge in [0, 0.05) is 6.42 Å². The average molecular weight is 558 g/mol. The van der Waals surface area contributed by atoms with Crippen molar-refractivity contribution in [3.63, 3.8) is 0 Å². The number of amides is 3. The van der Waals surface area contributed by atoms with Gasteiger partial charge in [0.05, 0.1) is 12.1 Å². The fourth-order valence-electron chi connectivity index (χ4n) is 3.99. The smallest absolute Gasteiger partial charge is 0.326 e. The van der Waals surface area contributed by atoms with Crippen LogP contribution in [0.3, 0.4) is 0 Å². The molecule has 0 spiro atoms. The Morgan fingerprint density at radius 2 is 1.40 bits per heavy atom. The van der Waals surface area contributed by atoms with Gasteiger partial charge in [-0.25, -0.2) is 4.79 Å². The minimum Gasteiger partial charge on any atom is -0.508 e. The van der Waals surface area contributed by atoms with Crippen LogP contribution in [0.2, 0.25) is 0 Å². The molecule has 5 unspecified atom stereocenters. The summed E-state index contributed by atoms with van der Waals surface area (Å²) in [5.41, 5.74) is 13.0. The first-order chi connectivity index (χ1) is 19.0. The fourth-order valence-corrected chi connectivity index (χ4v) is 3.99. The van der Waals surface area contributed by atoms with Crippen LogP contribution in [-0.2, 0) is 32.0 Å². The number of aliphatic carboxylic acids is 1. The topological polar surface area (TPSA) is 217 Å². The van der Waals surface area contributed by atoms with E-state index in [1.807, 2.05) is 30.3 Å². The third-order valence-corrected chi connectivity index (χ3v) is 6.27. The molecule has 5 atom stereocenters. The number of unbranched alkanes of at least 4 members (excludes halogenated alkanes) is 1. The minimum atomic E-state index is -1.50. The lowest BCUT2D eigenvalue weighted by atomic mass is 10.0. The van der Waals surface area contributed by atoms with Gasteiger partial charge >= 0.3 is 5.97 Å². The van der Waals surface area contributed by atoms with Crippen molar-refractivity contribution in [3.05, 3.63) is 65.7 Å². The van der Waals surface area contributed by atoms with E-state index in [-0.39, 0.29) is 25.0 Å². The van der Waals surface area contributed by atoms with E-state index in [9.17, 15) is 34.5 Å². The maximum atomic E-state index is 13.3. The average Bonchev–Trinajstić information content (AvgIpc) is 2.92. The molecule has 0 radical (unpaired) electrons. The Hall–Kier alpha value is -4.00. The number of hydrogen-bond acceptors (Lipinski definition) is 8. The van der Waals surface area contributed by atoms with Crippen molar-refractivity contribution >= 4 is 23.7 Å². The van der Waals surface area contributed by atoms with Gasteiger partial charge < -0.3 is 42.7 Å². The molecule has 0 saturated carbocycles. The van der Waals surface area contributed by atoms with Crippen molar-refractivity contribution < 1.29 is 34.5 Å². The number of phenols is 1. The van der Waals surface area contributed by atoms with Crippen molar-refractivity contribution in [2.24, 2.45) is 11.5 Å². The standard InChI is InChI=1S/C28H39N5O7/c1-17(34)24(27(38)31-22(28(39)40)9-5-6-14-29)33-26(37)23(16-19-10-12-20(35)13-11-19)32-25(36)21(30)15-18-7-3-2-4-8-18/h2-4,7-8,10-13,17,21-24,34-35H,5-6,9,14-16,29-30H2,1H3,(H,31,38)(H,32,36)(H,33,37)(H,39,40). The summed E-state index contributed by atoms with van der Waals surface area (Å²) in [6.45, 7) is 1.65. The van der Waals surface area contributed by atoms with E-state index < -0.39 is 54.0 Å². The van der Waals surface area contributed by atoms with Crippen LogP contribution in [0.15, 0.2) is 54.6 Å². The van der Waals surface area contributed by atoms with Crippen LogP contribution >= 0.6 is 0 Å². The highest BCUT2D eigenvalue weighted by molar-refractivity contribution is 5.94. The molecule has 10 N–H and O–H groups in total. The molecule has 12 nitrogen and oxygen atoms in total. The summed E-state index contributed by atoms with van der Waals surface area (Å²) in [4.78, 5) is 50.8. The van der Waals surface area contributed by atoms with Gasteiger partial charge in [-0.05, 0) is 62.4 Å². The van der Waals surface area contributed by atoms with Gasteiger partial charge in [-0.3, -0.25) is 14.4 Å². The zero-order valence-corrected chi connectivity index (χ0v) is 22.5. The number of aliphatic hydroxyl groups is 1. The maximum absolute atomic E-state index is 13.3. The van der Waals surface area contributed by atoms with Crippen LogP contribution < -0.4 is 27.4 Å². The number of benzene rings is 2. The highest BCUT2D eigenvalue weighted by Gasteiger charge is 2.32. The largest absolute Gasteiger partial charge is 0.508 e. The summed E-state index contributed by atoms with van der Waals surface area (Å²) >= 11 is 0. The number of phenolic OH excluding ortho intramolecular Hbond substituents is 1. The predicted molar refractivity (Wildman–Crippen MR) is 148 cm³/mol. The molecule has 218 valence electrons. The van der Waals surface area contributed by atoms with E-state index in [0.29, 0.717) is 24.9 Å². The van der Waals surface area contributed by atoms with Crippen LogP contribution in [0.4, 0.5) is 0 Å². The zero-order valence-electron chi connectivity index (χ0n) is 22.5. The molecular weight excluding hydrogens is 518 g/mol. The second kappa shape index (κ2) is 16.2. The third kappa shape index (κ3) is 10.6. The van der Waals surface area contributed by atoms with Gasteiger partial charge in [-0.15, -0.1) is 0 Å². The highest BCUT2D eigenvalue weighted by atomic mass is 16.4. The Balaban J connectivity index is 2.18. The van der Waals surface area contributed by atoms with E-state index in [1.54, 1.807) is 12.1 Å². The first kappa shape index (κ1) is 32.2. The van der Waals surface area contributed by atoms with Crippen LogP contribution in [0.1, 0.15) is 37.3 Å². The normalized spacial score (nSPS) is 14.7. The highest BCUT2D eigenvalue weighted by Crippen LogP contribution is 2.12. The van der Waals surface area contributed by atoms with Gasteiger partial charge in [-0.2, -0.15) is 0 Å². The molecule has 0 aliphatic heterocycles. The van der Waals surface area contributed by atoms with E-state index >= 15 is 0 Å². The molecule has 0 aliphatic carbocycles. The number of nitrogens with one attached hydrogen (secondary N) is 3. The summed E-state index contributed by atoms with van der Waals surface area (Å²) < 4.78 is 0. The quantitative estimate of drug-likeness (QED) is 0.125. The lowest BCUT2D eigenvalue weighted by molar-refractivity contribution is -0.143. The molecule has 3 amide bonds. The van der Waals surface area contributed by atoms with Gasteiger partial charge in [0.25, 0.3) is 0 Å². The lowest BCUT2D eigenvalue weighted by Crippen LogP contribution is -2.60. The van der Waals surface area contributed by atoms with Gasteiger partial charge in [0.1, 0.15) is 23.9 Å². The molecule has 0 heterocycles. The van der Waals surface area contributed by atoms with E-state index in [2.05, 4.69) is 16.0 Å². The fraction of sp³-hybridized carbons (Fsp3) is 0.429. The van der Waals surface area contributed by atoms with Gasteiger partial charge in [0.2, 0.25) is 17.7 Å². The van der Waals surface area contributed by atoms with E-state index in [0.717, 1.165) is 5.56 Å². The van der Waals surface area contributed by atoms with Crippen molar-refractivity contribution in [3.8, 4) is 5.75 Å². The number of nitrogens with two attached hydrogens (primary N) is 2. The number of aliphatic hydroxyl groups excluding tert-OH is 1. The summed E-state index contributed by atoms with van der Waals surface area (Å²) in [5, 5.41) is 36.7. The number of carboxylic acid groups (broad SMARTS) is 1. The summed E-state index contributed by atoms with van der Waals surface area (Å²) in [7, 11) is 0. The molecule has 12 heteroatoms. The van der Waals surface area contributed by atoms with Crippen molar-refractivity contribution in [1.82, 2.24) is 16.0 Å². The van der Waals surface area contributed by atoms with E-state index in [4.69, 9.17) is 11.5 Å². The second-order valence-corrected chi connectivity index (χ2v) is 9.64. The van der Waals surface area contributed by atoms with Crippen LogP contribution in [0.25, 0.3) is 0 Å². The number of hydrogen-bond donors (Lipinski definition) is 8. The Kier molecular flexibility index (Phi) is 13.0. The lowest BCUT2D eigenvalue weighted by Gasteiger charge is -2.26. The first-order valence-electron chi connectivity index (χ1n) is 13.1. The number of rotatable bonds is 16. The third-order valence-electron chi connectivity index (χ3n) is 6.27. The molecule has 40 heavy (non-hydrogen) atoms. The molecule has 2 rings (SSSR count).